The number of non-ortho nitro benzene ring substituents is 1. The summed E-state index contributed by atoms with van der Waals surface area (Å²) in [6.07, 6.45) is 0. The standard InChI is InChI=1S/C20H23ClN4O3/c1-15(20(26)22-18-3-2-4-19(13-18)25(27)28)24-11-9-23(10-12-24)14-16-5-7-17(21)8-6-16/h2-8,13,15H,9-12,14H2,1H3,(H,22,26). The molecule has 1 amide bonds. The first kappa shape index (κ1) is 20.3. The summed E-state index contributed by atoms with van der Waals surface area (Å²) in [5, 5.41) is 14.4. The number of hydrogen-bond donors (Lipinski definition) is 1. The van der Waals surface area contributed by atoms with Crippen molar-refractivity contribution in [3.63, 3.8) is 0 Å². The summed E-state index contributed by atoms with van der Waals surface area (Å²) in [4.78, 5) is 27.4. The summed E-state index contributed by atoms with van der Waals surface area (Å²) >= 11 is 5.93. The number of carbonyl (C=O) groups excluding carboxylic acids is 1. The van der Waals surface area contributed by atoms with Gasteiger partial charge in [-0.2, -0.15) is 0 Å². The molecule has 2 aromatic carbocycles. The van der Waals surface area contributed by atoms with Gasteiger partial charge in [0.1, 0.15) is 0 Å². The lowest BCUT2D eigenvalue weighted by Crippen LogP contribution is -2.52. The molecule has 7 nitrogen and oxygen atoms in total. The van der Waals surface area contributed by atoms with E-state index in [-0.39, 0.29) is 17.6 Å². The van der Waals surface area contributed by atoms with Crippen LogP contribution < -0.4 is 5.32 Å². The second-order valence-electron chi connectivity index (χ2n) is 6.91. The molecule has 3 rings (SSSR count). The molecular formula is C20H23ClN4O3. The fraction of sp³-hybridized carbons (Fsp3) is 0.350. The van der Waals surface area contributed by atoms with Crippen molar-refractivity contribution in [2.45, 2.75) is 19.5 Å². The minimum atomic E-state index is -0.473. The van der Waals surface area contributed by atoms with E-state index >= 15 is 0 Å². The molecule has 0 saturated carbocycles. The van der Waals surface area contributed by atoms with E-state index < -0.39 is 4.92 Å². The highest BCUT2D eigenvalue weighted by Gasteiger charge is 2.25. The van der Waals surface area contributed by atoms with E-state index in [0.29, 0.717) is 5.69 Å². The lowest BCUT2D eigenvalue weighted by molar-refractivity contribution is -0.384. The maximum atomic E-state index is 12.5. The van der Waals surface area contributed by atoms with Crippen LogP contribution in [-0.2, 0) is 11.3 Å². The van der Waals surface area contributed by atoms with Crippen LogP contribution in [0.25, 0.3) is 0 Å². The topological polar surface area (TPSA) is 78.7 Å². The zero-order valence-electron chi connectivity index (χ0n) is 15.7. The Balaban J connectivity index is 1.50. The van der Waals surface area contributed by atoms with Crippen LogP contribution in [0.1, 0.15) is 12.5 Å². The SMILES string of the molecule is CC(C(=O)Nc1cccc([N+](=O)[O-])c1)N1CCN(Cc2ccc(Cl)cc2)CC1. The van der Waals surface area contributed by atoms with Gasteiger partial charge >= 0.3 is 0 Å². The first-order valence-corrected chi connectivity index (χ1v) is 9.56. The van der Waals surface area contributed by atoms with E-state index in [1.165, 1.54) is 17.7 Å². The Hall–Kier alpha value is -2.48. The number of halogens is 1. The van der Waals surface area contributed by atoms with Gasteiger partial charge in [-0.1, -0.05) is 29.8 Å². The number of anilines is 1. The third kappa shape index (κ3) is 5.28. The molecule has 0 bridgehead atoms. The number of piperazine rings is 1. The van der Waals surface area contributed by atoms with Crippen LogP contribution in [0.3, 0.4) is 0 Å². The molecule has 1 atom stereocenters. The molecule has 0 spiro atoms. The van der Waals surface area contributed by atoms with Gasteiger partial charge in [0.05, 0.1) is 11.0 Å². The van der Waals surface area contributed by atoms with Gasteiger partial charge in [-0.05, 0) is 30.7 Å². The molecule has 1 fully saturated rings. The molecule has 2 aromatic rings. The molecule has 8 heteroatoms. The van der Waals surface area contributed by atoms with Crippen LogP contribution in [0.15, 0.2) is 48.5 Å². The molecule has 1 unspecified atom stereocenters. The Kier molecular flexibility index (Phi) is 6.61. The molecule has 0 aliphatic carbocycles. The number of rotatable bonds is 6. The van der Waals surface area contributed by atoms with Crippen molar-refractivity contribution in [3.05, 3.63) is 69.2 Å². The normalized spacial score (nSPS) is 16.5. The number of hydrogen-bond acceptors (Lipinski definition) is 5. The van der Waals surface area contributed by atoms with Crippen LogP contribution in [-0.4, -0.2) is 52.9 Å². The van der Waals surface area contributed by atoms with Gasteiger partial charge < -0.3 is 5.32 Å². The molecule has 0 radical (unpaired) electrons. The lowest BCUT2D eigenvalue weighted by Gasteiger charge is -2.37. The van der Waals surface area contributed by atoms with E-state index in [9.17, 15) is 14.9 Å². The highest BCUT2D eigenvalue weighted by molar-refractivity contribution is 6.30. The molecular weight excluding hydrogens is 380 g/mol. The second kappa shape index (κ2) is 9.14. The van der Waals surface area contributed by atoms with Crippen molar-refractivity contribution in [3.8, 4) is 0 Å². The average molecular weight is 403 g/mol. The zero-order chi connectivity index (χ0) is 20.1. The number of nitro benzene ring substituents is 1. The van der Waals surface area contributed by atoms with E-state index in [4.69, 9.17) is 11.6 Å². The van der Waals surface area contributed by atoms with Gasteiger partial charge in [0.2, 0.25) is 5.91 Å². The van der Waals surface area contributed by atoms with Gasteiger partial charge in [-0.25, -0.2) is 0 Å². The number of benzene rings is 2. The van der Waals surface area contributed by atoms with Crippen LogP contribution in [0.4, 0.5) is 11.4 Å². The second-order valence-corrected chi connectivity index (χ2v) is 7.35. The summed E-state index contributed by atoms with van der Waals surface area (Å²) < 4.78 is 0. The van der Waals surface area contributed by atoms with Crippen LogP contribution >= 0.6 is 11.6 Å². The minimum absolute atomic E-state index is 0.0405. The Morgan fingerprint density at radius 1 is 1.18 bits per heavy atom. The number of carbonyl (C=O) groups is 1. The predicted octanol–water partition coefficient (Wildman–Crippen LogP) is 3.39. The first-order chi connectivity index (χ1) is 13.4. The number of nitrogens with one attached hydrogen (secondary N) is 1. The molecule has 1 N–H and O–H groups in total. The van der Waals surface area contributed by atoms with Crippen LogP contribution in [0, 0.1) is 10.1 Å². The average Bonchev–Trinajstić information content (AvgIpc) is 2.70. The largest absolute Gasteiger partial charge is 0.324 e. The smallest absolute Gasteiger partial charge is 0.271 e. The fourth-order valence-electron chi connectivity index (χ4n) is 3.27. The monoisotopic (exact) mass is 402 g/mol. The molecule has 148 valence electrons. The Labute approximate surface area is 169 Å². The molecule has 1 saturated heterocycles. The molecule has 1 aliphatic heterocycles. The quantitative estimate of drug-likeness (QED) is 0.591. The van der Waals surface area contributed by atoms with E-state index in [1.807, 2.05) is 31.2 Å². The van der Waals surface area contributed by atoms with Crippen LogP contribution in [0.5, 0.6) is 0 Å². The van der Waals surface area contributed by atoms with Gasteiger partial charge in [0.15, 0.2) is 0 Å². The van der Waals surface area contributed by atoms with Gasteiger partial charge in [-0.3, -0.25) is 24.7 Å². The van der Waals surface area contributed by atoms with Crippen molar-refractivity contribution in [2.24, 2.45) is 0 Å². The van der Waals surface area contributed by atoms with Crippen molar-refractivity contribution in [1.29, 1.82) is 0 Å². The van der Waals surface area contributed by atoms with Crippen molar-refractivity contribution >= 4 is 28.9 Å². The van der Waals surface area contributed by atoms with Gasteiger partial charge in [0, 0.05) is 55.6 Å². The third-order valence-corrected chi connectivity index (χ3v) is 5.23. The summed E-state index contributed by atoms with van der Waals surface area (Å²) in [7, 11) is 0. The fourth-order valence-corrected chi connectivity index (χ4v) is 3.39. The summed E-state index contributed by atoms with van der Waals surface area (Å²) in [5.74, 6) is -0.161. The molecule has 1 aliphatic rings. The Morgan fingerprint density at radius 3 is 2.50 bits per heavy atom. The van der Waals surface area contributed by atoms with Gasteiger partial charge in [-0.15, -0.1) is 0 Å². The maximum absolute atomic E-state index is 12.5. The maximum Gasteiger partial charge on any atom is 0.271 e. The molecule has 0 aromatic heterocycles. The highest BCUT2D eigenvalue weighted by atomic mass is 35.5. The van der Waals surface area contributed by atoms with Crippen molar-refractivity contribution in [2.75, 3.05) is 31.5 Å². The van der Waals surface area contributed by atoms with Crippen LogP contribution in [0.2, 0.25) is 5.02 Å². The zero-order valence-corrected chi connectivity index (χ0v) is 16.4. The third-order valence-electron chi connectivity index (χ3n) is 4.98. The summed E-state index contributed by atoms with van der Waals surface area (Å²) in [6.45, 7) is 6.04. The van der Waals surface area contributed by atoms with Gasteiger partial charge in [0.25, 0.3) is 5.69 Å². The first-order valence-electron chi connectivity index (χ1n) is 9.18. The van der Waals surface area contributed by atoms with Crippen molar-refractivity contribution < 1.29 is 9.72 Å². The van der Waals surface area contributed by atoms with E-state index in [2.05, 4.69) is 15.1 Å². The number of nitrogens with zero attached hydrogens (tertiary/aromatic N) is 3. The summed E-state index contributed by atoms with van der Waals surface area (Å²) in [6, 6.07) is 13.5. The van der Waals surface area contributed by atoms with E-state index in [1.54, 1.807) is 12.1 Å². The molecule has 1 heterocycles. The van der Waals surface area contributed by atoms with E-state index in [0.717, 1.165) is 37.7 Å². The Morgan fingerprint density at radius 2 is 1.86 bits per heavy atom. The Bertz CT molecular complexity index is 836. The lowest BCUT2D eigenvalue weighted by atomic mass is 10.1. The van der Waals surface area contributed by atoms with Crippen molar-refractivity contribution in [1.82, 2.24) is 9.80 Å². The summed E-state index contributed by atoms with van der Waals surface area (Å²) in [5.41, 5.74) is 1.61. The molecule has 28 heavy (non-hydrogen) atoms. The minimum Gasteiger partial charge on any atom is -0.324 e. The number of nitro groups is 1. The predicted molar refractivity (Wildman–Crippen MR) is 109 cm³/mol. The highest BCUT2D eigenvalue weighted by Crippen LogP contribution is 2.18. The number of amides is 1.